The molecule has 2 aliphatic heterocycles. The number of piperidine rings is 1. The molecule has 2 nitrogen and oxygen atoms in total. The summed E-state index contributed by atoms with van der Waals surface area (Å²) < 4.78 is 0. The fourth-order valence-corrected chi connectivity index (χ4v) is 4.05. The lowest BCUT2D eigenvalue weighted by Crippen LogP contribution is -2.39. The zero-order valence-corrected chi connectivity index (χ0v) is 14.3. The third-order valence-corrected chi connectivity index (χ3v) is 5.37. The fourth-order valence-electron chi connectivity index (χ4n) is 3.85. The molecule has 0 bridgehead atoms. The number of nitrogens with one attached hydrogen (secondary N) is 1. The van der Waals surface area contributed by atoms with Crippen LogP contribution in [0.4, 0.5) is 0 Å². The van der Waals surface area contributed by atoms with E-state index in [4.69, 9.17) is 11.6 Å². The van der Waals surface area contributed by atoms with Crippen molar-refractivity contribution in [1.29, 1.82) is 0 Å². The minimum atomic E-state index is 0. The highest BCUT2D eigenvalue weighted by atomic mass is 35.5. The third kappa shape index (κ3) is 4.13. The highest BCUT2D eigenvalue weighted by Crippen LogP contribution is 2.39. The van der Waals surface area contributed by atoms with Gasteiger partial charge in [-0.25, -0.2) is 0 Å². The average Bonchev–Trinajstić information content (AvgIpc) is 2.82. The van der Waals surface area contributed by atoms with Crippen LogP contribution >= 0.6 is 24.0 Å². The van der Waals surface area contributed by atoms with E-state index >= 15 is 0 Å². The maximum atomic E-state index is 6.10. The number of rotatable bonds is 3. The third-order valence-electron chi connectivity index (χ3n) is 5.13. The van der Waals surface area contributed by atoms with E-state index in [1.54, 1.807) is 0 Å². The molecular formula is C17H26Cl2N2. The van der Waals surface area contributed by atoms with E-state index in [0.29, 0.717) is 11.3 Å². The minimum absolute atomic E-state index is 0. The summed E-state index contributed by atoms with van der Waals surface area (Å²) >= 11 is 6.10. The first-order chi connectivity index (χ1) is 9.67. The molecule has 2 fully saturated rings. The first-order valence-electron chi connectivity index (χ1n) is 7.85. The van der Waals surface area contributed by atoms with Gasteiger partial charge < -0.3 is 10.2 Å². The number of halogens is 2. The lowest BCUT2D eigenvalue weighted by Gasteiger charge is -2.34. The second-order valence-corrected chi connectivity index (χ2v) is 7.13. The zero-order valence-electron chi connectivity index (χ0n) is 12.8. The van der Waals surface area contributed by atoms with Crippen molar-refractivity contribution < 1.29 is 0 Å². The molecule has 4 heteroatoms. The van der Waals surface area contributed by atoms with Gasteiger partial charge in [0, 0.05) is 18.1 Å². The van der Waals surface area contributed by atoms with Crippen molar-refractivity contribution in [2.45, 2.75) is 32.1 Å². The van der Waals surface area contributed by atoms with E-state index in [1.165, 1.54) is 51.0 Å². The summed E-state index contributed by atoms with van der Waals surface area (Å²) in [6, 6.07) is 8.33. The quantitative estimate of drug-likeness (QED) is 0.904. The second-order valence-electron chi connectivity index (χ2n) is 6.69. The number of likely N-dealkylation sites (tertiary alicyclic amines) is 1. The molecule has 0 amide bonds. The van der Waals surface area contributed by atoms with Crippen LogP contribution in [0, 0.1) is 5.41 Å². The van der Waals surface area contributed by atoms with Crippen LogP contribution in [-0.4, -0.2) is 37.6 Å². The Kier molecular flexibility index (Phi) is 5.96. The van der Waals surface area contributed by atoms with Crippen LogP contribution in [-0.2, 0) is 0 Å². The summed E-state index contributed by atoms with van der Waals surface area (Å²) in [6.07, 6.45) is 4.10. The van der Waals surface area contributed by atoms with Gasteiger partial charge in [-0.2, -0.15) is 0 Å². The Labute approximate surface area is 139 Å². The van der Waals surface area contributed by atoms with Gasteiger partial charge >= 0.3 is 0 Å². The van der Waals surface area contributed by atoms with Crippen molar-refractivity contribution in [3.05, 3.63) is 34.9 Å². The van der Waals surface area contributed by atoms with Gasteiger partial charge in [0.2, 0.25) is 0 Å². The molecule has 1 aromatic carbocycles. The molecule has 21 heavy (non-hydrogen) atoms. The van der Waals surface area contributed by atoms with Crippen LogP contribution in [0.3, 0.4) is 0 Å². The number of hydrogen-bond acceptors (Lipinski definition) is 2. The van der Waals surface area contributed by atoms with E-state index in [2.05, 4.69) is 35.3 Å². The van der Waals surface area contributed by atoms with Crippen molar-refractivity contribution in [3.63, 3.8) is 0 Å². The normalized spacial score (nSPS) is 23.0. The van der Waals surface area contributed by atoms with Crippen molar-refractivity contribution in [1.82, 2.24) is 10.2 Å². The number of nitrogens with zero attached hydrogens (tertiary/aromatic N) is 1. The Balaban J connectivity index is 0.00000161. The first kappa shape index (κ1) is 17.1. The standard InChI is InChI=1S/C17H25ClN2.ClH/c1-14(15-3-2-4-16(18)11-15)12-20-10-7-17(13-20)5-8-19-9-6-17;/h2-4,11,14,19H,5-10,12-13H2,1H3;1H. The van der Waals surface area contributed by atoms with Gasteiger partial charge in [0.05, 0.1) is 0 Å². The summed E-state index contributed by atoms with van der Waals surface area (Å²) in [6.45, 7) is 8.45. The van der Waals surface area contributed by atoms with E-state index in [1.807, 2.05) is 6.07 Å². The van der Waals surface area contributed by atoms with Gasteiger partial charge in [0.25, 0.3) is 0 Å². The van der Waals surface area contributed by atoms with Gasteiger partial charge in [-0.3, -0.25) is 0 Å². The lowest BCUT2D eigenvalue weighted by atomic mass is 9.78. The average molecular weight is 329 g/mol. The molecule has 3 rings (SSSR count). The molecule has 1 aromatic rings. The van der Waals surface area contributed by atoms with E-state index in [9.17, 15) is 0 Å². The van der Waals surface area contributed by atoms with E-state index < -0.39 is 0 Å². The predicted octanol–water partition coefficient (Wildman–Crippen LogP) is 3.94. The summed E-state index contributed by atoms with van der Waals surface area (Å²) in [7, 11) is 0. The Morgan fingerprint density at radius 2 is 2.05 bits per heavy atom. The summed E-state index contributed by atoms with van der Waals surface area (Å²) in [5.41, 5.74) is 1.98. The Bertz CT molecular complexity index is 458. The molecule has 118 valence electrons. The van der Waals surface area contributed by atoms with Crippen LogP contribution in [0.15, 0.2) is 24.3 Å². The highest BCUT2D eigenvalue weighted by Gasteiger charge is 2.38. The molecule has 1 spiro atoms. The van der Waals surface area contributed by atoms with Crippen molar-refractivity contribution in [3.8, 4) is 0 Å². The summed E-state index contributed by atoms with van der Waals surface area (Å²) in [5, 5.41) is 4.34. The molecular weight excluding hydrogens is 303 g/mol. The minimum Gasteiger partial charge on any atom is -0.317 e. The lowest BCUT2D eigenvalue weighted by molar-refractivity contribution is 0.193. The Morgan fingerprint density at radius 3 is 2.76 bits per heavy atom. The van der Waals surface area contributed by atoms with Crippen molar-refractivity contribution >= 4 is 24.0 Å². The SMILES string of the molecule is CC(CN1CCC2(CCNCC2)C1)c1cccc(Cl)c1.Cl. The molecule has 0 saturated carbocycles. The van der Waals surface area contributed by atoms with Crippen LogP contribution in [0.2, 0.25) is 5.02 Å². The van der Waals surface area contributed by atoms with Gasteiger partial charge in [0.1, 0.15) is 0 Å². The van der Waals surface area contributed by atoms with Gasteiger partial charge in [-0.05, 0) is 67.9 Å². The maximum absolute atomic E-state index is 6.10. The van der Waals surface area contributed by atoms with E-state index in [-0.39, 0.29) is 12.4 Å². The zero-order chi connectivity index (χ0) is 14.0. The molecule has 2 saturated heterocycles. The number of benzene rings is 1. The smallest absolute Gasteiger partial charge is 0.0408 e. The summed E-state index contributed by atoms with van der Waals surface area (Å²) in [5.74, 6) is 0.561. The van der Waals surface area contributed by atoms with Crippen molar-refractivity contribution in [2.24, 2.45) is 5.41 Å². The van der Waals surface area contributed by atoms with Crippen LogP contribution < -0.4 is 5.32 Å². The molecule has 0 aromatic heterocycles. The molecule has 1 N–H and O–H groups in total. The van der Waals surface area contributed by atoms with Gasteiger partial charge in [-0.15, -0.1) is 12.4 Å². The van der Waals surface area contributed by atoms with Crippen molar-refractivity contribution in [2.75, 3.05) is 32.7 Å². The monoisotopic (exact) mass is 328 g/mol. The molecule has 0 radical (unpaired) electrons. The number of hydrogen-bond donors (Lipinski definition) is 1. The molecule has 1 atom stereocenters. The van der Waals surface area contributed by atoms with E-state index in [0.717, 1.165) is 11.6 Å². The topological polar surface area (TPSA) is 15.3 Å². The molecule has 2 heterocycles. The molecule has 2 aliphatic rings. The van der Waals surface area contributed by atoms with Crippen LogP contribution in [0.25, 0.3) is 0 Å². The fraction of sp³-hybridized carbons (Fsp3) is 0.647. The molecule has 0 aliphatic carbocycles. The molecule has 1 unspecified atom stereocenters. The highest BCUT2D eigenvalue weighted by molar-refractivity contribution is 6.30. The summed E-state index contributed by atoms with van der Waals surface area (Å²) in [4.78, 5) is 2.66. The largest absolute Gasteiger partial charge is 0.317 e. The Hall–Kier alpha value is -0.280. The van der Waals surface area contributed by atoms with Gasteiger partial charge in [-0.1, -0.05) is 30.7 Å². The van der Waals surface area contributed by atoms with Crippen LogP contribution in [0.1, 0.15) is 37.7 Å². The second kappa shape index (κ2) is 7.32. The van der Waals surface area contributed by atoms with Crippen LogP contribution in [0.5, 0.6) is 0 Å². The Morgan fingerprint density at radius 1 is 1.29 bits per heavy atom. The van der Waals surface area contributed by atoms with Gasteiger partial charge in [0.15, 0.2) is 0 Å². The first-order valence-corrected chi connectivity index (χ1v) is 8.23. The maximum Gasteiger partial charge on any atom is 0.0408 e. The predicted molar refractivity (Wildman–Crippen MR) is 92.7 cm³/mol.